The van der Waals surface area contributed by atoms with Crippen molar-refractivity contribution in [2.45, 2.75) is 51.9 Å². The third-order valence-electron chi connectivity index (χ3n) is 3.38. The van der Waals surface area contributed by atoms with Crippen molar-refractivity contribution in [1.82, 2.24) is 0 Å². The molecule has 0 rings (SSSR count). The first-order valence-corrected chi connectivity index (χ1v) is 9.04. The van der Waals surface area contributed by atoms with Crippen molar-refractivity contribution in [2.24, 2.45) is 0 Å². The van der Waals surface area contributed by atoms with Crippen LogP contribution in [-0.4, -0.2) is 27.0 Å². The second-order valence-corrected chi connectivity index (χ2v) is 10.9. The van der Waals surface area contributed by atoms with E-state index in [0.29, 0.717) is 6.61 Å². The molecule has 0 saturated heterocycles. The van der Waals surface area contributed by atoms with Gasteiger partial charge in [-0.25, -0.2) is 4.79 Å². The van der Waals surface area contributed by atoms with E-state index >= 15 is 0 Å². The highest BCUT2D eigenvalue weighted by Gasteiger charge is 2.37. The van der Waals surface area contributed by atoms with Gasteiger partial charge in [0.1, 0.15) is 6.10 Å². The van der Waals surface area contributed by atoms with Gasteiger partial charge in [0.2, 0.25) is 0 Å². The Balaban J connectivity index is 4.59. The van der Waals surface area contributed by atoms with E-state index in [1.165, 1.54) is 0 Å². The van der Waals surface area contributed by atoms with Gasteiger partial charge in [-0.05, 0) is 30.6 Å². The molecule has 0 spiro atoms. The van der Waals surface area contributed by atoms with Gasteiger partial charge in [-0.15, -0.1) is 0 Å². The number of carbonyl (C=O) groups is 1. The molecule has 0 aromatic rings. The molecular weight excluding hydrogens is 244 g/mol. The summed E-state index contributed by atoms with van der Waals surface area (Å²) in [6, 6.07) is 0. The molecule has 0 saturated carbocycles. The Bertz CT molecular complexity index is 326. The van der Waals surface area contributed by atoms with Crippen LogP contribution < -0.4 is 0 Å². The highest BCUT2D eigenvalue weighted by Crippen LogP contribution is 2.36. The number of hydrogen-bond acceptors (Lipinski definition) is 3. The van der Waals surface area contributed by atoms with Gasteiger partial charge in [-0.2, -0.15) is 0 Å². The molecule has 0 aliphatic rings. The Morgan fingerprint density at radius 2 is 1.89 bits per heavy atom. The minimum absolute atomic E-state index is 0.134. The molecular formula is C14H26O3Si. The molecule has 104 valence electrons. The van der Waals surface area contributed by atoms with Crippen molar-refractivity contribution in [3.8, 4) is 0 Å². The van der Waals surface area contributed by atoms with Gasteiger partial charge in [0.25, 0.3) is 0 Å². The van der Waals surface area contributed by atoms with E-state index in [0.717, 1.165) is 11.6 Å². The molecule has 1 atom stereocenters. The Hall–Kier alpha value is -0.873. The van der Waals surface area contributed by atoms with Crippen LogP contribution in [0.2, 0.25) is 18.1 Å². The van der Waals surface area contributed by atoms with Crippen LogP contribution in [0.15, 0.2) is 24.8 Å². The first kappa shape index (κ1) is 17.1. The normalized spacial score (nSPS) is 13.9. The van der Waals surface area contributed by atoms with Gasteiger partial charge in [-0.1, -0.05) is 33.9 Å². The minimum Gasteiger partial charge on any atom is -0.452 e. The highest BCUT2D eigenvalue weighted by atomic mass is 28.4. The topological polar surface area (TPSA) is 35.5 Å². The average molecular weight is 270 g/mol. The lowest BCUT2D eigenvalue weighted by Gasteiger charge is -2.37. The highest BCUT2D eigenvalue weighted by molar-refractivity contribution is 6.74. The summed E-state index contributed by atoms with van der Waals surface area (Å²) in [5.74, 6) is -0.443. The Morgan fingerprint density at radius 1 is 1.39 bits per heavy atom. The molecule has 0 fully saturated rings. The molecule has 0 aliphatic heterocycles. The quantitative estimate of drug-likeness (QED) is 0.320. The fraction of sp³-hybridized carbons (Fsp3) is 0.643. The summed E-state index contributed by atoms with van der Waals surface area (Å²) in [4.78, 5) is 11.2. The first-order chi connectivity index (χ1) is 8.01. The van der Waals surface area contributed by atoms with Gasteiger partial charge in [0, 0.05) is 6.08 Å². The van der Waals surface area contributed by atoms with E-state index < -0.39 is 20.4 Å². The van der Waals surface area contributed by atoms with Gasteiger partial charge in [-0.3, -0.25) is 0 Å². The third-order valence-corrected chi connectivity index (χ3v) is 7.88. The molecule has 0 N–H and O–H groups in total. The average Bonchev–Trinajstić information content (AvgIpc) is 2.21. The second-order valence-electron chi connectivity index (χ2n) is 6.05. The lowest BCUT2D eigenvalue weighted by molar-refractivity contribution is -0.142. The van der Waals surface area contributed by atoms with E-state index in [-0.39, 0.29) is 5.04 Å². The minimum atomic E-state index is -1.83. The van der Waals surface area contributed by atoms with E-state index in [1.807, 2.05) is 6.92 Å². The second kappa shape index (κ2) is 6.34. The van der Waals surface area contributed by atoms with Crippen molar-refractivity contribution >= 4 is 14.3 Å². The molecule has 0 aromatic carbocycles. The summed E-state index contributed by atoms with van der Waals surface area (Å²) in [6.07, 6.45) is 0.757. The van der Waals surface area contributed by atoms with Crippen LogP contribution in [0.4, 0.5) is 0 Å². The van der Waals surface area contributed by atoms with E-state index in [4.69, 9.17) is 9.16 Å². The summed E-state index contributed by atoms with van der Waals surface area (Å²) in [5.41, 5.74) is 0.781. The van der Waals surface area contributed by atoms with E-state index in [1.54, 1.807) is 0 Å². The summed E-state index contributed by atoms with van der Waals surface area (Å²) >= 11 is 0. The number of esters is 1. The van der Waals surface area contributed by atoms with Crippen molar-refractivity contribution in [2.75, 3.05) is 6.61 Å². The molecule has 18 heavy (non-hydrogen) atoms. The monoisotopic (exact) mass is 270 g/mol. The maximum Gasteiger partial charge on any atom is 0.330 e. The molecule has 0 bridgehead atoms. The summed E-state index contributed by atoms with van der Waals surface area (Å²) in [6.45, 7) is 20.3. The van der Waals surface area contributed by atoms with Crippen molar-refractivity contribution in [1.29, 1.82) is 0 Å². The molecule has 4 heteroatoms. The van der Waals surface area contributed by atoms with Crippen LogP contribution in [0.1, 0.15) is 27.7 Å². The summed E-state index contributed by atoms with van der Waals surface area (Å²) in [7, 11) is -1.83. The van der Waals surface area contributed by atoms with Gasteiger partial charge < -0.3 is 9.16 Å². The van der Waals surface area contributed by atoms with Crippen molar-refractivity contribution in [3.05, 3.63) is 24.8 Å². The number of carbonyl (C=O) groups excluding carboxylic acids is 1. The maximum atomic E-state index is 11.2. The predicted molar refractivity (Wildman–Crippen MR) is 78.0 cm³/mol. The van der Waals surface area contributed by atoms with Crippen LogP contribution in [0, 0.1) is 0 Å². The summed E-state index contributed by atoms with van der Waals surface area (Å²) < 4.78 is 11.2. The van der Waals surface area contributed by atoms with Crippen LogP contribution >= 0.6 is 0 Å². The van der Waals surface area contributed by atoms with Gasteiger partial charge in [0.05, 0.1) is 6.61 Å². The molecule has 0 heterocycles. The Kier molecular flexibility index (Phi) is 6.03. The number of hydrogen-bond donors (Lipinski definition) is 0. The van der Waals surface area contributed by atoms with Gasteiger partial charge >= 0.3 is 5.97 Å². The standard InChI is InChI=1S/C14H26O3Si/c1-9-13(15)17-12(11(2)3)10-16-18(7,8)14(4,5)6/h9,12H,1-2,10H2,3-8H3/t12-/m1/s1. The lowest BCUT2D eigenvalue weighted by Crippen LogP contribution is -2.43. The number of rotatable bonds is 6. The summed E-state index contributed by atoms with van der Waals surface area (Å²) in [5, 5.41) is 0.134. The zero-order chi connectivity index (χ0) is 14.6. The molecule has 0 radical (unpaired) electrons. The van der Waals surface area contributed by atoms with Crippen LogP contribution in [-0.2, 0) is 14.0 Å². The van der Waals surface area contributed by atoms with Crippen molar-refractivity contribution < 1.29 is 14.0 Å². The van der Waals surface area contributed by atoms with Crippen LogP contribution in [0.25, 0.3) is 0 Å². The largest absolute Gasteiger partial charge is 0.452 e. The Morgan fingerprint density at radius 3 is 2.22 bits per heavy atom. The fourth-order valence-electron chi connectivity index (χ4n) is 0.966. The first-order valence-electron chi connectivity index (χ1n) is 6.13. The van der Waals surface area contributed by atoms with E-state index in [9.17, 15) is 4.79 Å². The molecule has 0 aromatic heterocycles. The molecule has 0 aliphatic carbocycles. The van der Waals surface area contributed by atoms with Crippen molar-refractivity contribution in [3.63, 3.8) is 0 Å². The molecule has 0 unspecified atom stereocenters. The molecule has 3 nitrogen and oxygen atoms in total. The SMILES string of the molecule is C=CC(=O)O[C@H](CO[Si](C)(C)C(C)(C)C)C(=C)C. The zero-order valence-electron chi connectivity index (χ0n) is 12.5. The van der Waals surface area contributed by atoms with E-state index in [2.05, 4.69) is 47.0 Å². The van der Waals surface area contributed by atoms with Crippen LogP contribution in [0.3, 0.4) is 0 Å². The maximum absolute atomic E-state index is 11.2. The lowest BCUT2D eigenvalue weighted by atomic mass is 10.2. The fourth-order valence-corrected chi connectivity index (χ4v) is 1.97. The Labute approximate surface area is 112 Å². The predicted octanol–water partition coefficient (Wildman–Crippen LogP) is 3.68. The smallest absolute Gasteiger partial charge is 0.330 e. The van der Waals surface area contributed by atoms with Crippen LogP contribution in [0.5, 0.6) is 0 Å². The number of ether oxygens (including phenoxy) is 1. The zero-order valence-corrected chi connectivity index (χ0v) is 13.5. The molecule has 0 amide bonds. The third kappa shape index (κ3) is 5.19. The van der Waals surface area contributed by atoms with Gasteiger partial charge in [0.15, 0.2) is 8.32 Å².